The topological polar surface area (TPSA) is 74.3 Å². The van der Waals surface area contributed by atoms with Gasteiger partial charge in [-0.1, -0.05) is 24.3 Å². The van der Waals surface area contributed by atoms with Crippen LogP contribution in [0.1, 0.15) is 15.9 Å². The van der Waals surface area contributed by atoms with Crippen LogP contribution in [-0.2, 0) is 0 Å². The molecular formula is C17H11F2N3O2. The van der Waals surface area contributed by atoms with Gasteiger partial charge in [-0.05, 0) is 18.2 Å². The molecule has 0 fully saturated rings. The lowest BCUT2D eigenvalue weighted by molar-refractivity contribution is 0.0954. The van der Waals surface area contributed by atoms with Crippen molar-refractivity contribution in [3.8, 4) is 0 Å². The number of hydrogen-bond donors (Lipinski definition) is 2. The Morgan fingerprint density at radius 3 is 2.62 bits per heavy atom. The number of amides is 1. The molecule has 0 saturated carbocycles. The zero-order valence-corrected chi connectivity index (χ0v) is 12.2. The summed E-state index contributed by atoms with van der Waals surface area (Å²) in [6, 6.07) is 9.88. The highest BCUT2D eigenvalue weighted by Crippen LogP contribution is 2.12. The Labute approximate surface area is 134 Å². The van der Waals surface area contributed by atoms with Gasteiger partial charge < -0.3 is 4.98 Å². The third-order valence-electron chi connectivity index (χ3n) is 3.38. The minimum absolute atomic E-state index is 0.0221. The van der Waals surface area contributed by atoms with Crippen LogP contribution in [0.15, 0.2) is 58.6 Å². The van der Waals surface area contributed by atoms with Crippen molar-refractivity contribution >= 4 is 23.0 Å². The second-order valence-electron chi connectivity index (χ2n) is 4.91. The van der Waals surface area contributed by atoms with E-state index in [2.05, 4.69) is 15.5 Å². The fraction of sp³-hybridized carbons (Fsp3) is 0. The normalized spacial score (nSPS) is 11.1. The number of nitrogens with zero attached hydrogens (tertiary/aromatic N) is 1. The molecule has 24 heavy (non-hydrogen) atoms. The molecule has 0 radical (unpaired) electrons. The van der Waals surface area contributed by atoms with E-state index < -0.39 is 23.0 Å². The minimum atomic E-state index is -0.782. The maximum absolute atomic E-state index is 13.6. The van der Waals surface area contributed by atoms with E-state index >= 15 is 0 Å². The number of carbonyl (C=O) groups is 1. The fourth-order valence-electron chi connectivity index (χ4n) is 2.18. The average Bonchev–Trinajstić information content (AvgIpc) is 2.57. The molecule has 3 aromatic rings. The van der Waals surface area contributed by atoms with Gasteiger partial charge in [0.25, 0.3) is 5.91 Å². The molecule has 2 N–H and O–H groups in total. The summed E-state index contributed by atoms with van der Waals surface area (Å²) in [6.07, 6.45) is 2.24. The zero-order chi connectivity index (χ0) is 17.1. The first-order chi connectivity index (χ1) is 11.6. The van der Waals surface area contributed by atoms with Crippen molar-refractivity contribution in [1.29, 1.82) is 0 Å². The second kappa shape index (κ2) is 6.41. The minimum Gasteiger partial charge on any atom is -0.358 e. The molecule has 0 aliphatic rings. The number of halogens is 2. The molecule has 5 nitrogen and oxygen atoms in total. The lowest BCUT2D eigenvalue weighted by Crippen LogP contribution is -2.25. The number of nitrogens with one attached hydrogen (secondary N) is 2. The molecule has 0 bridgehead atoms. The second-order valence-corrected chi connectivity index (χ2v) is 4.91. The highest BCUT2D eigenvalue weighted by molar-refractivity contribution is 5.97. The number of pyridine rings is 1. The van der Waals surface area contributed by atoms with Crippen LogP contribution in [0.25, 0.3) is 10.9 Å². The van der Waals surface area contributed by atoms with Crippen molar-refractivity contribution in [2.45, 2.75) is 0 Å². The van der Waals surface area contributed by atoms with Crippen LogP contribution in [0, 0.1) is 11.6 Å². The maximum Gasteiger partial charge on any atom is 0.276 e. The van der Waals surface area contributed by atoms with Crippen molar-refractivity contribution in [2.24, 2.45) is 5.10 Å². The van der Waals surface area contributed by atoms with Gasteiger partial charge in [-0.25, -0.2) is 14.2 Å². The van der Waals surface area contributed by atoms with Crippen molar-refractivity contribution in [2.75, 3.05) is 0 Å². The lowest BCUT2D eigenvalue weighted by atomic mass is 10.1. The maximum atomic E-state index is 13.6. The Morgan fingerprint density at radius 2 is 1.83 bits per heavy atom. The first-order valence-electron chi connectivity index (χ1n) is 6.96. The van der Waals surface area contributed by atoms with Gasteiger partial charge in [0.15, 0.2) is 0 Å². The van der Waals surface area contributed by atoms with Gasteiger partial charge in [-0.2, -0.15) is 5.10 Å². The zero-order valence-electron chi connectivity index (χ0n) is 12.2. The first-order valence-corrected chi connectivity index (χ1v) is 6.96. The third-order valence-corrected chi connectivity index (χ3v) is 3.38. The number of aromatic amines is 1. The molecule has 0 aliphatic carbocycles. The van der Waals surface area contributed by atoms with Crippen molar-refractivity contribution in [1.82, 2.24) is 10.4 Å². The molecule has 2 aromatic carbocycles. The number of para-hydroxylation sites is 1. The highest BCUT2D eigenvalue weighted by Gasteiger charge is 2.13. The van der Waals surface area contributed by atoms with Crippen molar-refractivity contribution in [3.63, 3.8) is 0 Å². The third kappa shape index (κ3) is 2.91. The van der Waals surface area contributed by atoms with Gasteiger partial charge in [0.1, 0.15) is 17.2 Å². The van der Waals surface area contributed by atoms with E-state index in [9.17, 15) is 18.4 Å². The number of hydrazone groups is 1. The number of H-pyrrole nitrogens is 1. The fourth-order valence-corrected chi connectivity index (χ4v) is 2.18. The SMILES string of the molecule is O=C(N/N=C/c1ccccc1F)c1c[nH]c2c(F)cccc2c1=O. The molecule has 7 heteroatoms. The van der Waals surface area contributed by atoms with Gasteiger partial charge in [0.05, 0.1) is 11.7 Å². The molecule has 3 rings (SSSR count). The van der Waals surface area contributed by atoms with Crippen LogP contribution in [0.2, 0.25) is 0 Å². The molecule has 0 atom stereocenters. The van der Waals surface area contributed by atoms with Crippen LogP contribution >= 0.6 is 0 Å². The number of benzene rings is 2. The Balaban J connectivity index is 1.86. The van der Waals surface area contributed by atoms with Gasteiger partial charge in [0, 0.05) is 17.1 Å². The molecule has 0 aliphatic heterocycles. The largest absolute Gasteiger partial charge is 0.358 e. The predicted molar refractivity (Wildman–Crippen MR) is 86.0 cm³/mol. The summed E-state index contributed by atoms with van der Waals surface area (Å²) >= 11 is 0. The number of hydrogen-bond acceptors (Lipinski definition) is 3. The Morgan fingerprint density at radius 1 is 1.08 bits per heavy atom. The molecule has 0 unspecified atom stereocenters. The smallest absolute Gasteiger partial charge is 0.276 e. The first kappa shape index (κ1) is 15.5. The standard InChI is InChI=1S/C17H11F2N3O2/c18-13-6-2-1-4-10(13)8-21-22-17(24)12-9-20-15-11(16(12)23)5-3-7-14(15)19/h1-9H,(H,20,23)(H,22,24)/b21-8+. The van der Waals surface area contributed by atoms with Crippen LogP contribution in [0.3, 0.4) is 0 Å². The van der Waals surface area contributed by atoms with E-state index in [1.807, 2.05) is 0 Å². The van der Waals surface area contributed by atoms with Gasteiger partial charge >= 0.3 is 0 Å². The summed E-state index contributed by atoms with van der Waals surface area (Å²) in [5, 5.41) is 3.68. The Hall–Kier alpha value is -3.35. The van der Waals surface area contributed by atoms with E-state index in [1.54, 1.807) is 6.07 Å². The van der Waals surface area contributed by atoms with Gasteiger partial charge in [0.2, 0.25) is 5.43 Å². The summed E-state index contributed by atoms with van der Waals surface area (Å²) in [5.41, 5.74) is 1.51. The average molecular weight is 327 g/mol. The monoisotopic (exact) mass is 327 g/mol. The number of rotatable bonds is 3. The molecule has 1 heterocycles. The summed E-state index contributed by atoms with van der Waals surface area (Å²) in [7, 11) is 0. The summed E-state index contributed by atoms with van der Waals surface area (Å²) in [6.45, 7) is 0. The van der Waals surface area contributed by atoms with E-state index in [0.29, 0.717) is 0 Å². The van der Waals surface area contributed by atoms with Crippen LogP contribution < -0.4 is 10.9 Å². The van der Waals surface area contributed by atoms with Crippen molar-refractivity contribution in [3.05, 3.63) is 81.6 Å². The number of aromatic nitrogens is 1. The number of carbonyl (C=O) groups excluding carboxylic acids is 1. The Bertz CT molecular complexity index is 1010. The lowest BCUT2D eigenvalue weighted by Gasteiger charge is -2.03. The van der Waals surface area contributed by atoms with Crippen molar-refractivity contribution < 1.29 is 13.6 Å². The summed E-state index contributed by atoms with van der Waals surface area (Å²) < 4.78 is 27.0. The van der Waals surface area contributed by atoms with Crippen LogP contribution in [0.4, 0.5) is 8.78 Å². The van der Waals surface area contributed by atoms with E-state index in [1.165, 1.54) is 36.4 Å². The highest BCUT2D eigenvalue weighted by atomic mass is 19.1. The summed E-state index contributed by atoms with van der Waals surface area (Å²) in [5.74, 6) is -1.86. The molecule has 120 valence electrons. The van der Waals surface area contributed by atoms with E-state index in [4.69, 9.17) is 0 Å². The Kier molecular flexibility index (Phi) is 4.15. The van der Waals surface area contributed by atoms with Gasteiger partial charge in [-0.15, -0.1) is 0 Å². The number of fused-ring (bicyclic) bond motifs is 1. The predicted octanol–water partition coefficient (Wildman–Crippen LogP) is 2.57. The quantitative estimate of drug-likeness (QED) is 0.573. The van der Waals surface area contributed by atoms with E-state index in [-0.39, 0.29) is 22.0 Å². The summed E-state index contributed by atoms with van der Waals surface area (Å²) in [4.78, 5) is 26.9. The van der Waals surface area contributed by atoms with Crippen LogP contribution in [-0.4, -0.2) is 17.1 Å². The molecule has 0 spiro atoms. The molecule has 1 aromatic heterocycles. The molecular weight excluding hydrogens is 316 g/mol. The molecule has 1 amide bonds. The van der Waals surface area contributed by atoms with E-state index in [0.717, 1.165) is 12.4 Å². The van der Waals surface area contributed by atoms with Gasteiger partial charge in [-0.3, -0.25) is 9.59 Å². The van der Waals surface area contributed by atoms with Crippen LogP contribution in [0.5, 0.6) is 0 Å². The molecule has 0 saturated heterocycles.